The Balaban J connectivity index is 1.98. The fourth-order valence-electron chi connectivity index (χ4n) is 2.57. The van der Waals surface area contributed by atoms with Crippen molar-refractivity contribution < 1.29 is 4.79 Å². The number of thiophene rings is 1. The van der Waals surface area contributed by atoms with Gasteiger partial charge in [-0.05, 0) is 23.9 Å². The summed E-state index contributed by atoms with van der Waals surface area (Å²) in [6.45, 7) is 2.11. The molecule has 82 valence electrons. The molecule has 3 rings (SSSR count). The number of rotatable bonds is 2. The number of Topliss-reactive ketones (excluding diaryl/α,β-unsaturated/α-hetero) is 1. The first kappa shape index (κ1) is 10.0. The molecule has 2 heteroatoms. The Morgan fingerprint density at radius 1 is 1.38 bits per heavy atom. The van der Waals surface area contributed by atoms with Crippen molar-refractivity contribution in [3.05, 3.63) is 35.2 Å². The van der Waals surface area contributed by atoms with Crippen LogP contribution in [0.2, 0.25) is 0 Å². The molecule has 1 aliphatic rings. The number of hydrogen-bond acceptors (Lipinski definition) is 2. The standard InChI is InChI=1S/C14H14OS/c1-2-10-11(8-12(10)15)14-7-9-5-3-4-6-13(9)16-14/h3-7,10-11H,2,8H2,1H3. The molecule has 2 unspecified atom stereocenters. The summed E-state index contributed by atoms with van der Waals surface area (Å²) in [4.78, 5) is 12.9. The summed E-state index contributed by atoms with van der Waals surface area (Å²) in [5.74, 6) is 1.23. The number of fused-ring (bicyclic) bond motifs is 1. The summed E-state index contributed by atoms with van der Waals surface area (Å²) in [5, 5.41) is 1.32. The van der Waals surface area contributed by atoms with E-state index in [2.05, 4.69) is 37.3 Å². The van der Waals surface area contributed by atoms with Gasteiger partial charge >= 0.3 is 0 Å². The first-order valence-electron chi connectivity index (χ1n) is 5.80. The van der Waals surface area contributed by atoms with Crippen LogP contribution in [0.25, 0.3) is 10.1 Å². The minimum absolute atomic E-state index is 0.285. The quantitative estimate of drug-likeness (QED) is 0.762. The van der Waals surface area contributed by atoms with Crippen molar-refractivity contribution in [1.82, 2.24) is 0 Å². The number of carbonyl (C=O) groups is 1. The van der Waals surface area contributed by atoms with Gasteiger partial charge in [-0.2, -0.15) is 0 Å². The number of benzene rings is 1. The maximum atomic E-state index is 11.5. The number of ketones is 1. The van der Waals surface area contributed by atoms with Gasteiger partial charge in [-0.15, -0.1) is 11.3 Å². The smallest absolute Gasteiger partial charge is 0.137 e. The fraction of sp³-hybridized carbons (Fsp3) is 0.357. The summed E-state index contributed by atoms with van der Waals surface area (Å²) in [5.41, 5.74) is 0. The molecule has 0 saturated heterocycles. The predicted molar refractivity (Wildman–Crippen MR) is 68.0 cm³/mol. The van der Waals surface area contributed by atoms with Crippen molar-refractivity contribution in [2.45, 2.75) is 25.7 Å². The average Bonchev–Trinajstić information content (AvgIpc) is 2.69. The van der Waals surface area contributed by atoms with Gasteiger partial charge in [0.2, 0.25) is 0 Å². The molecule has 1 aromatic carbocycles. The molecule has 1 heterocycles. The Morgan fingerprint density at radius 3 is 2.88 bits per heavy atom. The van der Waals surface area contributed by atoms with Crippen molar-refractivity contribution in [2.24, 2.45) is 5.92 Å². The van der Waals surface area contributed by atoms with Gasteiger partial charge in [0.1, 0.15) is 5.78 Å². The molecule has 16 heavy (non-hydrogen) atoms. The Kier molecular flexibility index (Phi) is 2.32. The molecule has 0 amide bonds. The summed E-state index contributed by atoms with van der Waals surface area (Å²) in [6.07, 6.45) is 1.74. The maximum Gasteiger partial charge on any atom is 0.137 e. The lowest BCUT2D eigenvalue weighted by Crippen LogP contribution is -2.34. The van der Waals surface area contributed by atoms with Crippen LogP contribution in [0.1, 0.15) is 30.6 Å². The van der Waals surface area contributed by atoms with Crippen LogP contribution in [0.5, 0.6) is 0 Å². The van der Waals surface area contributed by atoms with E-state index in [1.807, 2.05) is 11.3 Å². The monoisotopic (exact) mass is 230 g/mol. The SMILES string of the molecule is CCC1C(=O)CC1c1cc2ccccc2s1. The maximum absolute atomic E-state index is 11.5. The van der Waals surface area contributed by atoms with E-state index in [0.29, 0.717) is 11.7 Å². The average molecular weight is 230 g/mol. The van der Waals surface area contributed by atoms with Gasteiger partial charge in [-0.25, -0.2) is 0 Å². The van der Waals surface area contributed by atoms with Crippen molar-refractivity contribution in [3.8, 4) is 0 Å². The summed E-state index contributed by atoms with van der Waals surface area (Å²) < 4.78 is 1.34. The first-order valence-corrected chi connectivity index (χ1v) is 6.62. The number of carbonyl (C=O) groups excluding carboxylic acids is 1. The topological polar surface area (TPSA) is 17.1 Å². The highest BCUT2D eigenvalue weighted by Gasteiger charge is 2.39. The van der Waals surface area contributed by atoms with Gasteiger partial charge in [-0.1, -0.05) is 25.1 Å². The van der Waals surface area contributed by atoms with E-state index in [-0.39, 0.29) is 5.92 Å². The molecule has 1 saturated carbocycles. The highest BCUT2D eigenvalue weighted by atomic mass is 32.1. The molecular weight excluding hydrogens is 216 g/mol. The Bertz CT molecular complexity index is 507. The third kappa shape index (κ3) is 1.40. The molecule has 0 bridgehead atoms. The summed E-state index contributed by atoms with van der Waals surface area (Å²) in [6, 6.07) is 10.7. The molecular formula is C14H14OS. The van der Waals surface area contributed by atoms with E-state index in [1.54, 1.807) is 0 Å². The molecule has 0 aliphatic heterocycles. The Morgan fingerprint density at radius 2 is 2.19 bits per heavy atom. The first-order chi connectivity index (χ1) is 7.79. The molecule has 1 aromatic heterocycles. The van der Waals surface area contributed by atoms with Gasteiger partial charge in [0.05, 0.1) is 0 Å². The van der Waals surface area contributed by atoms with Gasteiger partial charge in [0.15, 0.2) is 0 Å². The van der Waals surface area contributed by atoms with E-state index >= 15 is 0 Å². The predicted octanol–water partition coefficient (Wildman–Crippen LogP) is 3.98. The highest BCUT2D eigenvalue weighted by molar-refractivity contribution is 7.19. The van der Waals surface area contributed by atoms with E-state index in [1.165, 1.54) is 15.0 Å². The molecule has 1 nitrogen and oxygen atoms in total. The zero-order chi connectivity index (χ0) is 11.1. The van der Waals surface area contributed by atoms with Crippen molar-refractivity contribution in [2.75, 3.05) is 0 Å². The lowest BCUT2D eigenvalue weighted by Gasteiger charge is -2.33. The third-order valence-electron chi connectivity index (χ3n) is 3.57. The minimum atomic E-state index is 0.285. The van der Waals surface area contributed by atoms with Crippen LogP contribution in [0, 0.1) is 5.92 Å². The molecule has 2 aromatic rings. The van der Waals surface area contributed by atoms with Crippen LogP contribution in [0.3, 0.4) is 0 Å². The molecule has 0 radical (unpaired) electrons. The van der Waals surface area contributed by atoms with Crippen LogP contribution in [0.4, 0.5) is 0 Å². The van der Waals surface area contributed by atoms with E-state index in [0.717, 1.165) is 12.8 Å². The van der Waals surface area contributed by atoms with Crippen molar-refractivity contribution in [3.63, 3.8) is 0 Å². The van der Waals surface area contributed by atoms with E-state index in [9.17, 15) is 4.79 Å². The highest BCUT2D eigenvalue weighted by Crippen LogP contribution is 2.45. The third-order valence-corrected chi connectivity index (χ3v) is 4.82. The zero-order valence-electron chi connectivity index (χ0n) is 9.27. The van der Waals surface area contributed by atoms with Crippen LogP contribution in [-0.4, -0.2) is 5.78 Å². The van der Waals surface area contributed by atoms with Gasteiger partial charge in [0.25, 0.3) is 0 Å². The second kappa shape index (κ2) is 3.70. The van der Waals surface area contributed by atoms with Gasteiger partial charge in [0, 0.05) is 27.8 Å². The van der Waals surface area contributed by atoms with E-state index < -0.39 is 0 Å². The summed E-state index contributed by atoms with van der Waals surface area (Å²) in [7, 11) is 0. The lowest BCUT2D eigenvalue weighted by atomic mass is 9.70. The molecule has 1 fully saturated rings. The van der Waals surface area contributed by atoms with Gasteiger partial charge in [-0.3, -0.25) is 4.79 Å². The van der Waals surface area contributed by atoms with Crippen LogP contribution in [-0.2, 0) is 4.79 Å². The minimum Gasteiger partial charge on any atom is -0.299 e. The van der Waals surface area contributed by atoms with Gasteiger partial charge < -0.3 is 0 Å². The molecule has 1 aliphatic carbocycles. The second-order valence-electron chi connectivity index (χ2n) is 4.48. The molecule has 0 spiro atoms. The largest absolute Gasteiger partial charge is 0.299 e. The Labute approximate surface area is 99.1 Å². The fourth-order valence-corrected chi connectivity index (χ4v) is 3.80. The second-order valence-corrected chi connectivity index (χ2v) is 5.59. The lowest BCUT2D eigenvalue weighted by molar-refractivity contribution is -0.130. The number of hydrogen-bond donors (Lipinski definition) is 0. The zero-order valence-corrected chi connectivity index (χ0v) is 10.1. The van der Waals surface area contributed by atoms with Crippen LogP contribution < -0.4 is 0 Å². The van der Waals surface area contributed by atoms with Crippen molar-refractivity contribution >= 4 is 27.2 Å². The van der Waals surface area contributed by atoms with E-state index in [4.69, 9.17) is 0 Å². The summed E-state index contributed by atoms with van der Waals surface area (Å²) >= 11 is 1.85. The normalized spacial score (nSPS) is 24.7. The van der Waals surface area contributed by atoms with Crippen LogP contribution >= 0.6 is 11.3 Å². The van der Waals surface area contributed by atoms with Crippen molar-refractivity contribution in [1.29, 1.82) is 0 Å². The molecule has 0 N–H and O–H groups in total. The molecule has 2 atom stereocenters. The van der Waals surface area contributed by atoms with Crippen LogP contribution in [0.15, 0.2) is 30.3 Å². The Hall–Kier alpha value is -1.15.